The zero-order chi connectivity index (χ0) is 23.8. The number of sulfonamides is 1. The van der Waals surface area contributed by atoms with E-state index in [0.29, 0.717) is 28.1 Å². The Bertz CT molecular complexity index is 1220. The molecule has 0 aliphatic carbocycles. The monoisotopic (exact) mass is 536 g/mol. The van der Waals surface area contributed by atoms with E-state index in [4.69, 9.17) is 14.2 Å². The van der Waals surface area contributed by atoms with Gasteiger partial charge in [0, 0.05) is 23.3 Å². The van der Waals surface area contributed by atoms with Crippen LogP contribution < -0.4 is 19.5 Å². The van der Waals surface area contributed by atoms with Gasteiger partial charge in [-0.3, -0.25) is 9.52 Å². The summed E-state index contributed by atoms with van der Waals surface area (Å²) in [5, 5.41) is 2.74. The van der Waals surface area contributed by atoms with Gasteiger partial charge in [-0.25, -0.2) is 18.4 Å². The number of ether oxygens (including phenoxy) is 3. The zero-order valence-electron chi connectivity index (χ0n) is 17.7. The van der Waals surface area contributed by atoms with Crippen molar-refractivity contribution in [3.05, 3.63) is 64.9 Å². The Labute approximate surface area is 199 Å². The number of hydrogen-bond donors (Lipinski definition) is 2. The van der Waals surface area contributed by atoms with Crippen molar-refractivity contribution in [1.29, 1.82) is 0 Å². The third-order valence-electron chi connectivity index (χ3n) is 4.24. The lowest BCUT2D eigenvalue weighted by Crippen LogP contribution is -2.16. The number of benzene rings is 2. The lowest BCUT2D eigenvalue weighted by Gasteiger charge is -2.13. The van der Waals surface area contributed by atoms with E-state index in [1.165, 1.54) is 43.8 Å². The van der Waals surface area contributed by atoms with Crippen molar-refractivity contribution in [2.75, 3.05) is 37.5 Å². The Balaban J connectivity index is 1.73. The Morgan fingerprint density at radius 2 is 1.79 bits per heavy atom. The maximum absolute atomic E-state index is 12.8. The quantitative estimate of drug-likeness (QED) is 0.377. The number of nitrogens with zero attached hydrogens (tertiary/aromatic N) is 2. The van der Waals surface area contributed by atoms with Gasteiger partial charge in [0.2, 0.25) is 5.88 Å². The summed E-state index contributed by atoms with van der Waals surface area (Å²) < 4.78 is 43.9. The normalized spacial score (nSPS) is 11.0. The number of amides is 1. The Morgan fingerprint density at radius 3 is 2.48 bits per heavy atom. The number of carbonyl (C=O) groups is 1. The first-order valence-corrected chi connectivity index (χ1v) is 11.8. The lowest BCUT2D eigenvalue weighted by atomic mass is 10.2. The van der Waals surface area contributed by atoms with Crippen molar-refractivity contribution in [1.82, 2.24) is 9.97 Å². The van der Waals surface area contributed by atoms with E-state index in [0.717, 1.165) is 0 Å². The van der Waals surface area contributed by atoms with Crippen molar-refractivity contribution < 1.29 is 27.4 Å². The summed E-state index contributed by atoms with van der Waals surface area (Å²) in [6.45, 7) is 0.666. The molecule has 1 heterocycles. The highest BCUT2D eigenvalue weighted by atomic mass is 79.9. The largest absolute Gasteiger partial charge is 0.490 e. The molecule has 1 aromatic heterocycles. The van der Waals surface area contributed by atoms with Crippen molar-refractivity contribution in [2.45, 2.75) is 4.90 Å². The summed E-state index contributed by atoms with van der Waals surface area (Å²) in [7, 11) is -0.936. The number of halogens is 1. The van der Waals surface area contributed by atoms with E-state index >= 15 is 0 Å². The van der Waals surface area contributed by atoms with E-state index in [9.17, 15) is 13.2 Å². The van der Waals surface area contributed by atoms with Crippen LogP contribution in [0.2, 0.25) is 0 Å². The minimum atomic E-state index is -3.91. The van der Waals surface area contributed by atoms with Crippen molar-refractivity contribution in [3.8, 4) is 11.6 Å². The number of rotatable bonds is 10. The van der Waals surface area contributed by atoms with E-state index < -0.39 is 15.9 Å². The molecule has 2 aromatic carbocycles. The molecule has 0 saturated heterocycles. The first kappa shape index (κ1) is 24.4. The van der Waals surface area contributed by atoms with Gasteiger partial charge in [0.15, 0.2) is 0 Å². The second kappa shape index (κ2) is 11.1. The van der Waals surface area contributed by atoms with Gasteiger partial charge in [-0.2, -0.15) is 0 Å². The van der Waals surface area contributed by atoms with Crippen LogP contribution in [0.3, 0.4) is 0 Å². The molecule has 0 unspecified atom stereocenters. The highest BCUT2D eigenvalue weighted by molar-refractivity contribution is 9.10. The van der Waals surface area contributed by atoms with Gasteiger partial charge in [-0.05, 0) is 42.5 Å². The molecule has 0 saturated carbocycles. The third-order valence-corrected chi connectivity index (χ3v) is 6.11. The molecule has 0 radical (unpaired) electrons. The number of hydrogen-bond acceptors (Lipinski definition) is 8. The number of methoxy groups -OCH3 is 2. The van der Waals surface area contributed by atoms with Crippen LogP contribution in [0.25, 0.3) is 0 Å². The fourth-order valence-electron chi connectivity index (χ4n) is 2.66. The molecule has 0 atom stereocenters. The van der Waals surface area contributed by atoms with Crippen LogP contribution in [-0.4, -0.2) is 51.7 Å². The number of anilines is 2. The van der Waals surface area contributed by atoms with Crippen LogP contribution >= 0.6 is 15.9 Å². The standard InChI is InChI=1S/C21H21BrN4O6S/c1-30-9-10-32-18-8-3-14(22)11-17(18)21(27)25-15-4-6-16(7-5-15)33(28,29)26-19-12-20(31-2)24-13-23-19/h3-8,11-13H,9-10H2,1-2H3,(H,25,27)(H,23,24,26). The zero-order valence-corrected chi connectivity index (χ0v) is 20.1. The third kappa shape index (κ3) is 6.63. The summed E-state index contributed by atoms with van der Waals surface area (Å²) in [4.78, 5) is 20.5. The molecular formula is C21H21BrN4O6S. The molecule has 174 valence electrons. The average Bonchev–Trinajstić information content (AvgIpc) is 2.80. The molecule has 0 fully saturated rings. The molecule has 12 heteroatoms. The van der Waals surface area contributed by atoms with Crippen molar-refractivity contribution >= 4 is 43.4 Å². The molecule has 0 bridgehead atoms. The highest BCUT2D eigenvalue weighted by Gasteiger charge is 2.17. The molecule has 33 heavy (non-hydrogen) atoms. The molecule has 2 N–H and O–H groups in total. The summed E-state index contributed by atoms with van der Waals surface area (Å²) in [5.74, 6) is 0.274. The van der Waals surface area contributed by atoms with Gasteiger partial charge in [0.25, 0.3) is 15.9 Å². The summed E-state index contributed by atoms with van der Waals surface area (Å²) >= 11 is 3.35. The SMILES string of the molecule is COCCOc1ccc(Br)cc1C(=O)Nc1ccc(S(=O)(=O)Nc2cc(OC)ncn2)cc1. The number of aromatic nitrogens is 2. The molecule has 1 amide bonds. The number of carbonyl (C=O) groups excluding carboxylic acids is 1. The summed E-state index contributed by atoms with van der Waals surface area (Å²) in [6, 6.07) is 12.1. The average molecular weight is 537 g/mol. The number of nitrogens with one attached hydrogen (secondary N) is 2. The lowest BCUT2D eigenvalue weighted by molar-refractivity contribution is 0.101. The van der Waals surface area contributed by atoms with Crippen LogP contribution in [0.5, 0.6) is 11.6 Å². The molecular weight excluding hydrogens is 516 g/mol. The van der Waals surface area contributed by atoms with E-state index in [1.54, 1.807) is 25.3 Å². The van der Waals surface area contributed by atoms with Gasteiger partial charge in [0.05, 0.1) is 24.2 Å². The van der Waals surface area contributed by atoms with E-state index in [2.05, 4.69) is 35.9 Å². The summed E-state index contributed by atoms with van der Waals surface area (Å²) in [5.41, 5.74) is 0.724. The molecule has 0 aliphatic rings. The second-order valence-electron chi connectivity index (χ2n) is 6.51. The van der Waals surface area contributed by atoms with Crippen LogP contribution in [0.15, 0.2) is 64.2 Å². The molecule has 3 aromatic rings. The van der Waals surface area contributed by atoms with Crippen LogP contribution in [0.1, 0.15) is 10.4 Å². The van der Waals surface area contributed by atoms with E-state index in [1.807, 2.05) is 0 Å². The van der Waals surface area contributed by atoms with Crippen LogP contribution in [0, 0.1) is 0 Å². The fraction of sp³-hybridized carbons (Fsp3) is 0.190. The summed E-state index contributed by atoms with van der Waals surface area (Å²) in [6.07, 6.45) is 1.19. The topological polar surface area (TPSA) is 129 Å². The van der Waals surface area contributed by atoms with Crippen molar-refractivity contribution in [2.24, 2.45) is 0 Å². The first-order chi connectivity index (χ1) is 15.8. The minimum Gasteiger partial charge on any atom is -0.490 e. The second-order valence-corrected chi connectivity index (χ2v) is 9.11. The molecule has 10 nitrogen and oxygen atoms in total. The van der Waals surface area contributed by atoms with Crippen molar-refractivity contribution in [3.63, 3.8) is 0 Å². The maximum Gasteiger partial charge on any atom is 0.263 e. The predicted octanol–water partition coefficient (Wildman–Crippen LogP) is 3.33. The van der Waals surface area contributed by atoms with Gasteiger partial charge in [0.1, 0.15) is 24.5 Å². The van der Waals surface area contributed by atoms with Crippen LogP contribution in [-0.2, 0) is 14.8 Å². The molecule has 0 aliphatic heterocycles. The smallest absolute Gasteiger partial charge is 0.263 e. The fourth-order valence-corrected chi connectivity index (χ4v) is 4.02. The maximum atomic E-state index is 12.8. The van der Waals surface area contributed by atoms with Crippen LogP contribution in [0.4, 0.5) is 11.5 Å². The molecule has 0 spiro atoms. The molecule has 3 rings (SSSR count). The highest BCUT2D eigenvalue weighted by Crippen LogP contribution is 2.25. The van der Waals surface area contributed by atoms with Gasteiger partial charge >= 0.3 is 0 Å². The Hall–Kier alpha value is -3.22. The van der Waals surface area contributed by atoms with Gasteiger partial charge in [-0.1, -0.05) is 15.9 Å². The Kier molecular flexibility index (Phi) is 8.20. The Morgan fingerprint density at radius 1 is 1.03 bits per heavy atom. The predicted molar refractivity (Wildman–Crippen MR) is 125 cm³/mol. The van der Waals surface area contributed by atoms with Gasteiger partial charge < -0.3 is 19.5 Å². The van der Waals surface area contributed by atoms with Gasteiger partial charge in [-0.15, -0.1) is 0 Å². The van der Waals surface area contributed by atoms with E-state index in [-0.39, 0.29) is 23.2 Å². The first-order valence-electron chi connectivity index (χ1n) is 9.54. The minimum absolute atomic E-state index is 0.0101.